The summed E-state index contributed by atoms with van der Waals surface area (Å²) < 4.78 is 7.16. The number of rotatable bonds is 8. The van der Waals surface area contributed by atoms with E-state index in [1.54, 1.807) is 7.11 Å². The number of methoxy groups -OCH3 is 1. The Kier molecular flexibility index (Phi) is 4.57. The minimum absolute atomic E-state index is 0.763. The fourth-order valence-electron chi connectivity index (χ4n) is 1.93. The van der Waals surface area contributed by atoms with Crippen LogP contribution in [0.3, 0.4) is 0 Å². The number of nitrogens with zero attached hydrogens (tertiary/aromatic N) is 2. The van der Waals surface area contributed by atoms with Gasteiger partial charge in [-0.3, -0.25) is 4.68 Å². The van der Waals surface area contributed by atoms with Crippen LogP contribution in [0.2, 0.25) is 0 Å². The molecule has 1 heterocycles. The summed E-state index contributed by atoms with van der Waals surface area (Å²) in [6.07, 6.45) is 6.91. The van der Waals surface area contributed by atoms with E-state index >= 15 is 0 Å². The fourth-order valence-corrected chi connectivity index (χ4v) is 1.93. The van der Waals surface area contributed by atoms with Gasteiger partial charge >= 0.3 is 0 Å². The zero-order valence-electron chi connectivity index (χ0n) is 10.9. The van der Waals surface area contributed by atoms with Crippen molar-refractivity contribution in [1.29, 1.82) is 0 Å². The third-order valence-electron chi connectivity index (χ3n) is 3.33. The Morgan fingerprint density at radius 3 is 3.00 bits per heavy atom. The second-order valence-electron chi connectivity index (χ2n) is 4.83. The Morgan fingerprint density at radius 2 is 2.29 bits per heavy atom. The van der Waals surface area contributed by atoms with Crippen molar-refractivity contribution < 1.29 is 4.74 Å². The number of unbranched alkanes of at least 4 members (excludes halogenated alkanes) is 1. The van der Waals surface area contributed by atoms with E-state index < -0.39 is 0 Å². The van der Waals surface area contributed by atoms with E-state index in [9.17, 15) is 0 Å². The van der Waals surface area contributed by atoms with Gasteiger partial charge in [-0.25, -0.2) is 0 Å². The Bertz CT molecular complexity index is 344. The van der Waals surface area contributed by atoms with Crippen molar-refractivity contribution in [3.05, 3.63) is 17.5 Å². The van der Waals surface area contributed by atoms with E-state index in [0.29, 0.717) is 0 Å². The second-order valence-corrected chi connectivity index (χ2v) is 4.83. The third kappa shape index (κ3) is 3.82. The molecule has 0 radical (unpaired) electrons. The summed E-state index contributed by atoms with van der Waals surface area (Å²) in [6.45, 7) is 4.97. The van der Waals surface area contributed by atoms with Gasteiger partial charge in [0, 0.05) is 44.1 Å². The van der Waals surface area contributed by atoms with E-state index in [-0.39, 0.29) is 0 Å². The molecular weight excluding hydrogens is 214 g/mol. The van der Waals surface area contributed by atoms with Crippen LogP contribution in [0.1, 0.15) is 36.9 Å². The number of aromatic nitrogens is 2. The topological polar surface area (TPSA) is 39.1 Å². The molecular formula is C13H23N3O. The van der Waals surface area contributed by atoms with Gasteiger partial charge in [0.2, 0.25) is 0 Å². The lowest BCUT2D eigenvalue weighted by atomic mass is 10.2. The van der Waals surface area contributed by atoms with E-state index in [4.69, 9.17) is 4.74 Å². The van der Waals surface area contributed by atoms with E-state index in [1.807, 2.05) is 6.20 Å². The lowest BCUT2D eigenvalue weighted by Gasteiger charge is -2.06. The first kappa shape index (κ1) is 12.6. The molecule has 4 nitrogen and oxygen atoms in total. The van der Waals surface area contributed by atoms with Crippen molar-refractivity contribution in [2.45, 2.75) is 51.7 Å². The van der Waals surface area contributed by atoms with E-state index in [1.165, 1.54) is 24.1 Å². The normalized spacial score (nSPS) is 15.4. The minimum Gasteiger partial charge on any atom is -0.385 e. The highest BCUT2D eigenvalue weighted by Gasteiger charge is 2.20. The summed E-state index contributed by atoms with van der Waals surface area (Å²) in [4.78, 5) is 0. The first-order valence-corrected chi connectivity index (χ1v) is 6.55. The molecule has 0 amide bonds. The van der Waals surface area contributed by atoms with Crippen LogP contribution in [0.25, 0.3) is 0 Å². The van der Waals surface area contributed by atoms with E-state index in [0.717, 1.165) is 38.6 Å². The highest BCUT2D eigenvalue weighted by molar-refractivity contribution is 5.16. The van der Waals surface area contributed by atoms with Crippen molar-refractivity contribution in [1.82, 2.24) is 15.1 Å². The minimum atomic E-state index is 0.763. The molecule has 1 N–H and O–H groups in total. The number of hydrogen-bond acceptors (Lipinski definition) is 3. The van der Waals surface area contributed by atoms with Gasteiger partial charge in [0.15, 0.2) is 0 Å². The molecule has 1 aromatic rings. The van der Waals surface area contributed by atoms with Crippen LogP contribution in [-0.2, 0) is 17.8 Å². The molecule has 1 aromatic heterocycles. The summed E-state index contributed by atoms with van der Waals surface area (Å²) in [5.74, 6) is 0. The Labute approximate surface area is 103 Å². The summed E-state index contributed by atoms with van der Waals surface area (Å²) in [7, 11) is 1.75. The zero-order chi connectivity index (χ0) is 12.1. The fraction of sp³-hybridized carbons (Fsp3) is 0.769. The Morgan fingerprint density at radius 1 is 1.47 bits per heavy atom. The van der Waals surface area contributed by atoms with Crippen LogP contribution >= 0.6 is 0 Å². The van der Waals surface area contributed by atoms with Crippen molar-refractivity contribution in [3.63, 3.8) is 0 Å². The van der Waals surface area contributed by atoms with Crippen LogP contribution in [0.15, 0.2) is 6.20 Å². The second kappa shape index (κ2) is 6.17. The molecule has 4 heteroatoms. The predicted molar refractivity (Wildman–Crippen MR) is 67.9 cm³/mol. The van der Waals surface area contributed by atoms with Gasteiger partial charge in [-0.2, -0.15) is 5.10 Å². The van der Waals surface area contributed by atoms with Gasteiger partial charge in [0.1, 0.15) is 0 Å². The van der Waals surface area contributed by atoms with Gasteiger partial charge < -0.3 is 10.1 Å². The first-order chi connectivity index (χ1) is 8.31. The molecule has 0 unspecified atom stereocenters. The molecule has 17 heavy (non-hydrogen) atoms. The molecule has 1 saturated carbocycles. The van der Waals surface area contributed by atoms with Gasteiger partial charge in [-0.15, -0.1) is 0 Å². The predicted octanol–water partition coefficient (Wildman–Crippen LogP) is 1.87. The number of aryl methyl sites for hydroxylation is 1. The Hall–Kier alpha value is -0.870. The summed E-state index contributed by atoms with van der Waals surface area (Å²) in [6, 6.07) is 0.763. The molecule has 0 bridgehead atoms. The molecule has 1 fully saturated rings. The molecule has 0 atom stereocenters. The van der Waals surface area contributed by atoms with Crippen molar-refractivity contribution in [3.8, 4) is 0 Å². The Balaban J connectivity index is 1.76. The standard InChI is InChI=1S/C13H23N3O/c1-11-12(9-14-13-5-6-13)10-15-16(11)7-3-4-8-17-2/h10,13-14H,3-9H2,1-2H3. The van der Waals surface area contributed by atoms with Gasteiger partial charge in [0.05, 0.1) is 6.20 Å². The third-order valence-corrected chi connectivity index (χ3v) is 3.33. The summed E-state index contributed by atoms with van der Waals surface area (Å²) in [5, 5.41) is 7.98. The average molecular weight is 237 g/mol. The lowest BCUT2D eigenvalue weighted by molar-refractivity contribution is 0.191. The molecule has 1 aliphatic carbocycles. The summed E-state index contributed by atoms with van der Waals surface area (Å²) in [5.41, 5.74) is 2.64. The molecule has 1 aliphatic rings. The molecule has 96 valence electrons. The first-order valence-electron chi connectivity index (χ1n) is 6.55. The quantitative estimate of drug-likeness (QED) is 0.702. The van der Waals surface area contributed by atoms with Crippen molar-refractivity contribution in [2.75, 3.05) is 13.7 Å². The van der Waals surface area contributed by atoms with Gasteiger partial charge in [-0.1, -0.05) is 0 Å². The maximum atomic E-state index is 5.05. The smallest absolute Gasteiger partial charge is 0.0537 e. The van der Waals surface area contributed by atoms with Gasteiger partial charge in [0.25, 0.3) is 0 Å². The SMILES string of the molecule is COCCCCn1ncc(CNC2CC2)c1C. The zero-order valence-corrected chi connectivity index (χ0v) is 10.9. The van der Waals surface area contributed by atoms with Crippen molar-refractivity contribution >= 4 is 0 Å². The van der Waals surface area contributed by atoms with Crippen LogP contribution in [-0.4, -0.2) is 29.5 Å². The molecule has 0 aliphatic heterocycles. The molecule has 0 saturated heterocycles. The maximum absolute atomic E-state index is 5.05. The number of nitrogens with one attached hydrogen (secondary N) is 1. The van der Waals surface area contributed by atoms with Crippen LogP contribution in [0.5, 0.6) is 0 Å². The van der Waals surface area contributed by atoms with Crippen molar-refractivity contribution in [2.24, 2.45) is 0 Å². The van der Waals surface area contributed by atoms with Crippen LogP contribution in [0.4, 0.5) is 0 Å². The molecule has 0 spiro atoms. The van der Waals surface area contributed by atoms with Gasteiger partial charge in [-0.05, 0) is 32.6 Å². The number of hydrogen-bond donors (Lipinski definition) is 1. The summed E-state index contributed by atoms with van der Waals surface area (Å²) >= 11 is 0. The number of ether oxygens (including phenoxy) is 1. The van der Waals surface area contributed by atoms with Crippen LogP contribution in [0, 0.1) is 6.92 Å². The monoisotopic (exact) mass is 237 g/mol. The van der Waals surface area contributed by atoms with E-state index in [2.05, 4.69) is 22.0 Å². The molecule has 2 rings (SSSR count). The lowest BCUT2D eigenvalue weighted by Crippen LogP contribution is -2.15. The maximum Gasteiger partial charge on any atom is 0.0537 e. The largest absolute Gasteiger partial charge is 0.385 e. The average Bonchev–Trinajstić information content (AvgIpc) is 3.09. The van der Waals surface area contributed by atoms with Crippen LogP contribution < -0.4 is 5.32 Å². The molecule has 0 aromatic carbocycles. The highest BCUT2D eigenvalue weighted by atomic mass is 16.5. The highest BCUT2D eigenvalue weighted by Crippen LogP contribution is 2.19.